The molecular formula is C14H20N4O. The summed E-state index contributed by atoms with van der Waals surface area (Å²) >= 11 is 0. The zero-order valence-corrected chi connectivity index (χ0v) is 11.6. The minimum absolute atomic E-state index is 0.292. The standard InChI is InChI=1S/C14H20N4O/c1-4-19-9-11(2)16-13-7-5-12(6-8-13)14-17-15-10-18(14)3/h5-8,10-11,16H,4,9H2,1-3H3. The third-order valence-corrected chi connectivity index (χ3v) is 2.84. The highest BCUT2D eigenvalue weighted by atomic mass is 16.5. The van der Waals surface area contributed by atoms with Crippen molar-refractivity contribution in [2.45, 2.75) is 19.9 Å². The molecule has 0 fully saturated rings. The second kappa shape index (κ2) is 6.33. The minimum Gasteiger partial charge on any atom is -0.380 e. The van der Waals surface area contributed by atoms with E-state index in [4.69, 9.17) is 4.74 Å². The van der Waals surface area contributed by atoms with Crippen LogP contribution in [0.3, 0.4) is 0 Å². The Morgan fingerprint density at radius 1 is 1.32 bits per heavy atom. The summed E-state index contributed by atoms with van der Waals surface area (Å²) in [7, 11) is 1.94. The van der Waals surface area contributed by atoms with E-state index in [0.717, 1.165) is 23.7 Å². The first-order valence-corrected chi connectivity index (χ1v) is 6.49. The number of anilines is 1. The van der Waals surface area contributed by atoms with Crippen molar-refractivity contribution >= 4 is 5.69 Å². The number of nitrogens with one attached hydrogen (secondary N) is 1. The fourth-order valence-electron chi connectivity index (χ4n) is 1.88. The van der Waals surface area contributed by atoms with Crippen molar-refractivity contribution in [1.82, 2.24) is 14.8 Å². The Bertz CT molecular complexity index is 506. The molecular weight excluding hydrogens is 240 g/mol. The van der Waals surface area contributed by atoms with Gasteiger partial charge in [0.1, 0.15) is 6.33 Å². The lowest BCUT2D eigenvalue weighted by Gasteiger charge is -2.15. The van der Waals surface area contributed by atoms with Crippen molar-refractivity contribution in [3.8, 4) is 11.4 Å². The zero-order chi connectivity index (χ0) is 13.7. The Morgan fingerprint density at radius 3 is 2.63 bits per heavy atom. The number of hydrogen-bond donors (Lipinski definition) is 1. The highest BCUT2D eigenvalue weighted by molar-refractivity contribution is 5.59. The molecule has 0 radical (unpaired) electrons. The molecule has 1 unspecified atom stereocenters. The maximum atomic E-state index is 5.38. The van der Waals surface area contributed by atoms with Crippen LogP contribution in [0.25, 0.3) is 11.4 Å². The van der Waals surface area contributed by atoms with Gasteiger partial charge in [-0.3, -0.25) is 0 Å². The lowest BCUT2D eigenvalue weighted by Crippen LogP contribution is -2.21. The van der Waals surface area contributed by atoms with Gasteiger partial charge in [0, 0.05) is 30.9 Å². The maximum absolute atomic E-state index is 5.38. The largest absolute Gasteiger partial charge is 0.380 e. The molecule has 2 rings (SSSR count). The monoisotopic (exact) mass is 260 g/mol. The third kappa shape index (κ3) is 3.54. The Labute approximate surface area is 113 Å². The highest BCUT2D eigenvalue weighted by Crippen LogP contribution is 2.19. The fourth-order valence-corrected chi connectivity index (χ4v) is 1.88. The van der Waals surface area contributed by atoms with Crippen LogP contribution < -0.4 is 5.32 Å². The average molecular weight is 260 g/mol. The molecule has 0 amide bonds. The van der Waals surface area contributed by atoms with Gasteiger partial charge in [-0.1, -0.05) is 0 Å². The predicted octanol–water partition coefficient (Wildman–Crippen LogP) is 2.32. The van der Waals surface area contributed by atoms with E-state index < -0.39 is 0 Å². The summed E-state index contributed by atoms with van der Waals surface area (Å²) in [4.78, 5) is 0. The lowest BCUT2D eigenvalue weighted by molar-refractivity contribution is 0.141. The fraction of sp³-hybridized carbons (Fsp3) is 0.429. The summed E-state index contributed by atoms with van der Waals surface area (Å²) in [5.74, 6) is 0.869. The number of benzene rings is 1. The highest BCUT2D eigenvalue weighted by Gasteiger charge is 2.05. The van der Waals surface area contributed by atoms with Crippen molar-refractivity contribution in [2.24, 2.45) is 7.05 Å². The first-order valence-electron chi connectivity index (χ1n) is 6.49. The lowest BCUT2D eigenvalue weighted by atomic mass is 10.2. The van der Waals surface area contributed by atoms with Crippen LogP contribution >= 0.6 is 0 Å². The molecule has 102 valence electrons. The molecule has 1 aromatic carbocycles. The van der Waals surface area contributed by atoms with Crippen LogP contribution in [0.4, 0.5) is 5.69 Å². The van der Waals surface area contributed by atoms with Crippen molar-refractivity contribution in [1.29, 1.82) is 0 Å². The van der Waals surface area contributed by atoms with Gasteiger partial charge in [0.25, 0.3) is 0 Å². The smallest absolute Gasteiger partial charge is 0.163 e. The van der Waals surface area contributed by atoms with E-state index in [1.165, 1.54) is 0 Å². The van der Waals surface area contributed by atoms with E-state index >= 15 is 0 Å². The Kier molecular flexibility index (Phi) is 4.52. The Balaban J connectivity index is 2.01. The molecule has 1 aromatic heterocycles. The van der Waals surface area contributed by atoms with Crippen molar-refractivity contribution in [3.63, 3.8) is 0 Å². The molecule has 2 aromatic rings. The normalized spacial score (nSPS) is 12.4. The van der Waals surface area contributed by atoms with Gasteiger partial charge in [-0.2, -0.15) is 0 Å². The van der Waals surface area contributed by atoms with Crippen LogP contribution in [-0.2, 0) is 11.8 Å². The molecule has 1 atom stereocenters. The number of nitrogens with zero attached hydrogens (tertiary/aromatic N) is 3. The molecule has 1 N–H and O–H groups in total. The van der Waals surface area contributed by atoms with Crippen molar-refractivity contribution < 1.29 is 4.74 Å². The molecule has 0 aliphatic carbocycles. The number of aromatic nitrogens is 3. The van der Waals surface area contributed by atoms with Crippen LogP contribution in [0.2, 0.25) is 0 Å². The molecule has 0 aliphatic heterocycles. The van der Waals surface area contributed by atoms with Gasteiger partial charge in [0.2, 0.25) is 0 Å². The summed E-state index contributed by atoms with van der Waals surface area (Å²) < 4.78 is 7.28. The van der Waals surface area contributed by atoms with E-state index in [-0.39, 0.29) is 0 Å². The third-order valence-electron chi connectivity index (χ3n) is 2.84. The van der Waals surface area contributed by atoms with E-state index in [9.17, 15) is 0 Å². The van der Waals surface area contributed by atoms with Gasteiger partial charge < -0.3 is 14.6 Å². The maximum Gasteiger partial charge on any atom is 0.163 e. The van der Waals surface area contributed by atoms with Crippen LogP contribution in [0.15, 0.2) is 30.6 Å². The summed E-state index contributed by atoms with van der Waals surface area (Å²) in [6.45, 7) is 5.56. The van der Waals surface area contributed by atoms with Gasteiger partial charge >= 0.3 is 0 Å². The van der Waals surface area contributed by atoms with Gasteiger partial charge in [-0.25, -0.2) is 0 Å². The first-order chi connectivity index (χ1) is 9.20. The summed E-state index contributed by atoms with van der Waals surface area (Å²) in [5.41, 5.74) is 2.14. The van der Waals surface area contributed by atoms with Crippen LogP contribution in [-0.4, -0.2) is 34.0 Å². The van der Waals surface area contributed by atoms with Crippen LogP contribution in [0.5, 0.6) is 0 Å². The molecule has 5 nitrogen and oxygen atoms in total. The SMILES string of the molecule is CCOCC(C)Nc1ccc(-c2nncn2C)cc1. The van der Waals surface area contributed by atoms with Crippen LogP contribution in [0.1, 0.15) is 13.8 Å². The van der Waals surface area contributed by atoms with E-state index in [1.54, 1.807) is 6.33 Å². The second-order valence-corrected chi connectivity index (χ2v) is 4.55. The molecule has 0 saturated carbocycles. The van der Waals surface area contributed by atoms with Gasteiger partial charge in [-0.05, 0) is 38.1 Å². The van der Waals surface area contributed by atoms with Gasteiger partial charge in [-0.15, -0.1) is 10.2 Å². The second-order valence-electron chi connectivity index (χ2n) is 4.55. The van der Waals surface area contributed by atoms with E-state index in [2.05, 4.69) is 22.4 Å². The van der Waals surface area contributed by atoms with Crippen molar-refractivity contribution in [3.05, 3.63) is 30.6 Å². The summed E-state index contributed by atoms with van der Waals surface area (Å²) in [6.07, 6.45) is 1.70. The first kappa shape index (κ1) is 13.5. The number of ether oxygens (including phenoxy) is 1. The van der Waals surface area contributed by atoms with E-state index in [0.29, 0.717) is 12.6 Å². The molecule has 5 heteroatoms. The number of aryl methyl sites for hydroxylation is 1. The number of hydrogen-bond acceptors (Lipinski definition) is 4. The molecule has 0 bridgehead atoms. The molecule has 19 heavy (non-hydrogen) atoms. The van der Waals surface area contributed by atoms with E-state index in [1.807, 2.05) is 42.8 Å². The predicted molar refractivity (Wildman–Crippen MR) is 76.0 cm³/mol. The minimum atomic E-state index is 0.292. The molecule has 0 aliphatic rings. The van der Waals surface area contributed by atoms with Crippen molar-refractivity contribution in [2.75, 3.05) is 18.5 Å². The summed E-state index contributed by atoms with van der Waals surface area (Å²) in [6, 6.07) is 8.47. The number of rotatable bonds is 6. The van der Waals surface area contributed by atoms with Gasteiger partial charge in [0.15, 0.2) is 5.82 Å². The Morgan fingerprint density at radius 2 is 2.05 bits per heavy atom. The topological polar surface area (TPSA) is 52.0 Å². The quantitative estimate of drug-likeness (QED) is 0.866. The summed E-state index contributed by atoms with van der Waals surface area (Å²) in [5, 5.41) is 11.4. The molecule has 1 heterocycles. The van der Waals surface area contributed by atoms with Gasteiger partial charge in [0.05, 0.1) is 6.61 Å². The zero-order valence-electron chi connectivity index (χ0n) is 11.6. The molecule has 0 spiro atoms. The Hall–Kier alpha value is -1.88. The van der Waals surface area contributed by atoms with Crippen LogP contribution in [0, 0.1) is 0 Å². The average Bonchev–Trinajstić information content (AvgIpc) is 2.83. The molecule has 0 saturated heterocycles.